The molecule has 1 aromatic carbocycles. The molecule has 0 heterocycles. The molecular formula is C12H18ClNO2S. The van der Waals surface area contributed by atoms with Crippen LogP contribution in [0.25, 0.3) is 0 Å². The summed E-state index contributed by atoms with van der Waals surface area (Å²) in [6, 6.07) is 4.01. The van der Waals surface area contributed by atoms with Gasteiger partial charge in [0.25, 0.3) is 6.47 Å². The number of hydrogen-bond acceptors (Lipinski definition) is 3. The van der Waals surface area contributed by atoms with Gasteiger partial charge in [-0.15, -0.1) is 12.6 Å². The summed E-state index contributed by atoms with van der Waals surface area (Å²) >= 11 is 10.6. The average molecular weight is 276 g/mol. The van der Waals surface area contributed by atoms with Gasteiger partial charge in [-0.1, -0.05) is 11.6 Å². The minimum atomic E-state index is -0.250. The molecule has 5 heteroatoms. The van der Waals surface area contributed by atoms with Crippen LogP contribution in [0, 0.1) is 6.92 Å². The van der Waals surface area contributed by atoms with Gasteiger partial charge in [0.1, 0.15) is 0 Å². The Morgan fingerprint density at radius 1 is 1.41 bits per heavy atom. The fourth-order valence-corrected chi connectivity index (χ4v) is 1.98. The summed E-state index contributed by atoms with van der Waals surface area (Å²) in [6.07, 6.45) is 0. The van der Waals surface area contributed by atoms with E-state index in [0.29, 0.717) is 0 Å². The Morgan fingerprint density at radius 3 is 2.29 bits per heavy atom. The quantitative estimate of drug-likeness (QED) is 0.655. The molecule has 0 amide bonds. The standard InChI is InChI=1S/C11H16ClNS.CH2O2/c1-4-13(5-2)10-7-11(14)8(3)6-9(10)12;2-1-3/h6-7,14H,4-5H2,1-3H3;1H,(H,2,3). The molecule has 0 aromatic heterocycles. The first-order chi connectivity index (χ1) is 8.01. The van der Waals surface area contributed by atoms with E-state index in [1.807, 2.05) is 19.1 Å². The van der Waals surface area contributed by atoms with Crippen LogP contribution in [0.2, 0.25) is 5.02 Å². The lowest BCUT2D eigenvalue weighted by atomic mass is 10.2. The molecule has 1 N–H and O–H groups in total. The predicted molar refractivity (Wildman–Crippen MR) is 75.7 cm³/mol. The maximum absolute atomic E-state index is 8.36. The van der Waals surface area contributed by atoms with Gasteiger partial charge in [0.2, 0.25) is 0 Å². The highest BCUT2D eigenvalue weighted by Gasteiger charge is 2.08. The van der Waals surface area contributed by atoms with E-state index in [1.165, 1.54) is 0 Å². The molecule has 1 aromatic rings. The van der Waals surface area contributed by atoms with Crippen molar-refractivity contribution in [3.05, 3.63) is 22.7 Å². The fraction of sp³-hybridized carbons (Fsp3) is 0.417. The lowest BCUT2D eigenvalue weighted by Gasteiger charge is -2.23. The van der Waals surface area contributed by atoms with Gasteiger partial charge in [-0.25, -0.2) is 0 Å². The molecule has 0 saturated carbocycles. The highest BCUT2D eigenvalue weighted by molar-refractivity contribution is 7.80. The summed E-state index contributed by atoms with van der Waals surface area (Å²) in [5.74, 6) is 0. The molecule has 0 saturated heterocycles. The summed E-state index contributed by atoms with van der Waals surface area (Å²) in [4.78, 5) is 11.6. The minimum Gasteiger partial charge on any atom is -0.483 e. The minimum absolute atomic E-state index is 0.250. The summed E-state index contributed by atoms with van der Waals surface area (Å²) in [6.45, 7) is 7.94. The summed E-state index contributed by atoms with van der Waals surface area (Å²) in [5.41, 5.74) is 2.20. The van der Waals surface area contributed by atoms with E-state index in [1.54, 1.807) is 0 Å². The molecule has 0 fully saturated rings. The van der Waals surface area contributed by atoms with Crippen LogP contribution in [0.5, 0.6) is 0 Å². The largest absolute Gasteiger partial charge is 0.483 e. The summed E-state index contributed by atoms with van der Waals surface area (Å²) < 4.78 is 0. The molecule has 0 unspecified atom stereocenters. The van der Waals surface area contributed by atoms with Crippen molar-refractivity contribution in [2.45, 2.75) is 25.7 Å². The Morgan fingerprint density at radius 2 is 1.88 bits per heavy atom. The summed E-state index contributed by atoms with van der Waals surface area (Å²) in [5, 5.41) is 7.70. The predicted octanol–water partition coefficient (Wildman–Crippen LogP) is 3.48. The molecule has 0 bridgehead atoms. The highest BCUT2D eigenvalue weighted by Crippen LogP contribution is 2.30. The molecule has 0 aliphatic rings. The van der Waals surface area contributed by atoms with Gasteiger partial charge in [0.05, 0.1) is 10.7 Å². The molecule has 0 radical (unpaired) electrons. The van der Waals surface area contributed by atoms with E-state index >= 15 is 0 Å². The molecule has 0 spiro atoms. The van der Waals surface area contributed by atoms with Gasteiger partial charge >= 0.3 is 0 Å². The van der Waals surface area contributed by atoms with Gasteiger partial charge < -0.3 is 10.0 Å². The highest BCUT2D eigenvalue weighted by atomic mass is 35.5. The number of thiol groups is 1. The number of halogens is 1. The average Bonchev–Trinajstić information content (AvgIpc) is 2.28. The molecular weight excluding hydrogens is 258 g/mol. The Hall–Kier alpha value is -0.870. The lowest BCUT2D eigenvalue weighted by Crippen LogP contribution is -2.22. The molecule has 0 aliphatic carbocycles. The number of benzene rings is 1. The van der Waals surface area contributed by atoms with Crippen LogP contribution in [0.15, 0.2) is 17.0 Å². The fourth-order valence-electron chi connectivity index (χ4n) is 1.46. The van der Waals surface area contributed by atoms with Gasteiger partial charge in [-0.05, 0) is 38.5 Å². The van der Waals surface area contributed by atoms with Crippen LogP contribution in [-0.2, 0) is 4.79 Å². The Balaban J connectivity index is 0.000000770. The lowest BCUT2D eigenvalue weighted by molar-refractivity contribution is -0.122. The van der Waals surface area contributed by atoms with Gasteiger partial charge in [0, 0.05) is 18.0 Å². The second-order valence-corrected chi connectivity index (χ2v) is 4.26. The van der Waals surface area contributed by atoms with E-state index < -0.39 is 0 Å². The smallest absolute Gasteiger partial charge is 0.290 e. The van der Waals surface area contributed by atoms with Crippen LogP contribution in [0.1, 0.15) is 19.4 Å². The number of aryl methyl sites for hydroxylation is 1. The summed E-state index contributed by atoms with van der Waals surface area (Å²) in [7, 11) is 0. The van der Waals surface area contributed by atoms with Crippen molar-refractivity contribution in [3.8, 4) is 0 Å². The number of hydrogen-bond donors (Lipinski definition) is 2. The second kappa shape index (κ2) is 8.25. The van der Waals surface area contributed by atoms with E-state index in [4.69, 9.17) is 21.5 Å². The van der Waals surface area contributed by atoms with E-state index in [0.717, 1.165) is 34.3 Å². The van der Waals surface area contributed by atoms with Crippen molar-refractivity contribution in [3.63, 3.8) is 0 Å². The molecule has 3 nitrogen and oxygen atoms in total. The van der Waals surface area contributed by atoms with Crippen LogP contribution < -0.4 is 4.90 Å². The zero-order chi connectivity index (χ0) is 13.4. The second-order valence-electron chi connectivity index (χ2n) is 3.37. The van der Waals surface area contributed by atoms with Gasteiger partial charge in [-0.2, -0.15) is 0 Å². The van der Waals surface area contributed by atoms with E-state index in [2.05, 4.69) is 31.4 Å². The SMILES string of the molecule is CCN(CC)c1cc(S)c(C)cc1Cl.O=CO. The molecule has 0 atom stereocenters. The van der Waals surface area contributed by atoms with Crippen molar-refractivity contribution in [2.75, 3.05) is 18.0 Å². The Labute approximate surface area is 113 Å². The molecule has 17 heavy (non-hydrogen) atoms. The van der Waals surface area contributed by atoms with Crippen molar-refractivity contribution in [1.82, 2.24) is 0 Å². The monoisotopic (exact) mass is 275 g/mol. The first kappa shape index (κ1) is 16.1. The topological polar surface area (TPSA) is 40.5 Å². The number of carboxylic acid groups (broad SMARTS) is 1. The third kappa shape index (κ3) is 4.88. The zero-order valence-electron chi connectivity index (χ0n) is 10.3. The van der Waals surface area contributed by atoms with Crippen molar-refractivity contribution >= 4 is 36.4 Å². The van der Waals surface area contributed by atoms with Gasteiger partial charge in [-0.3, -0.25) is 4.79 Å². The third-order valence-electron chi connectivity index (χ3n) is 2.37. The number of carbonyl (C=O) groups is 1. The van der Waals surface area contributed by atoms with Gasteiger partial charge in [0.15, 0.2) is 0 Å². The van der Waals surface area contributed by atoms with Crippen LogP contribution >= 0.6 is 24.2 Å². The first-order valence-electron chi connectivity index (χ1n) is 5.33. The van der Waals surface area contributed by atoms with Crippen molar-refractivity contribution in [1.29, 1.82) is 0 Å². The molecule has 0 aliphatic heterocycles. The number of anilines is 1. The zero-order valence-corrected chi connectivity index (χ0v) is 11.9. The third-order valence-corrected chi connectivity index (χ3v) is 3.15. The first-order valence-corrected chi connectivity index (χ1v) is 6.16. The number of rotatable bonds is 3. The Bertz CT molecular complexity index is 368. The molecule has 1 rings (SSSR count). The van der Waals surface area contributed by atoms with Crippen molar-refractivity contribution in [2.24, 2.45) is 0 Å². The van der Waals surface area contributed by atoms with Crippen LogP contribution in [0.4, 0.5) is 5.69 Å². The normalized spacial score (nSPS) is 9.24. The maximum Gasteiger partial charge on any atom is 0.290 e. The van der Waals surface area contributed by atoms with Crippen LogP contribution in [-0.4, -0.2) is 24.7 Å². The van der Waals surface area contributed by atoms with E-state index in [-0.39, 0.29) is 6.47 Å². The number of nitrogens with zero attached hydrogens (tertiary/aromatic N) is 1. The molecule has 96 valence electrons. The van der Waals surface area contributed by atoms with Crippen molar-refractivity contribution < 1.29 is 9.90 Å². The van der Waals surface area contributed by atoms with Crippen LogP contribution in [0.3, 0.4) is 0 Å². The maximum atomic E-state index is 8.36. The van der Waals surface area contributed by atoms with E-state index in [9.17, 15) is 0 Å². The Kier molecular flexibility index (Phi) is 7.83.